The molecule has 2 rings (SSSR count). The zero-order chi connectivity index (χ0) is 13.0. The molecule has 0 aliphatic carbocycles. The first kappa shape index (κ1) is 12.6. The predicted octanol–water partition coefficient (Wildman–Crippen LogP) is 3.12. The summed E-state index contributed by atoms with van der Waals surface area (Å²) in [6.07, 6.45) is 2.83. The second-order valence-corrected chi connectivity index (χ2v) is 4.41. The molecule has 0 atom stereocenters. The van der Waals surface area contributed by atoms with Crippen molar-refractivity contribution < 1.29 is 14.6 Å². The molecule has 0 aliphatic rings. The van der Waals surface area contributed by atoms with Crippen molar-refractivity contribution in [3.05, 3.63) is 58.3 Å². The molecule has 1 aromatic heterocycles. The third kappa shape index (κ3) is 2.87. The summed E-state index contributed by atoms with van der Waals surface area (Å²) < 4.78 is 6.41. The molecule has 18 heavy (non-hydrogen) atoms. The van der Waals surface area contributed by atoms with E-state index in [1.54, 1.807) is 0 Å². The number of rotatable bonds is 4. The van der Waals surface area contributed by atoms with Crippen LogP contribution in [-0.2, 0) is 6.61 Å². The van der Waals surface area contributed by atoms with Crippen molar-refractivity contribution in [1.82, 2.24) is 4.98 Å². The van der Waals surface area contributed by atoms with Gasteiger partial charge in [0.05, 0.1) is 6.20 Å². The Hall–Kier alpha value is -1.88. The number of carbonyl (C=O) groups is 1. The Morgan fingerprint density at radius 3 is 2.83 bits per heavy atom. The number of carboxylic acid groups (broad SMARTS) is 1. The maximum atomic E-state index is 11.0. The van der Waals surface area contributed by atoms with Gasteiger partial charge in [-0.3, -0.25) is 4.98 Å². The molecule has 0 aliphatic heterocycles. The molecule has 1 heterocycles. The minimum Gasteiger partial charge on any atom is -0.486 e. The lowest BCUT2D eigenvalue weighted by Crippen LogP contribution is -2.04. The van der Waals surface area contributed by atoms with Gasteiger partial charge >= 0.3 is 5.97 Å². The Bertz CT molecular complexity index is 572. The summed E-state index contributed by atoms with van der Waals surface area (Å²) in [6.45, 7) is 0.285. The monoisotopic (exact) mass is 307 g/mol. The maximum Gasteiger partial charge on any atom is 0.339 e. The number of ether oxygens (including phenoxy) is 1. The smallest absolute Gasteiger partial charge is 0.339 e. The fraction of sp³-hybridized carbons (Fsp3) is 0.0769. The van der Waals surface area contributed by atoms with Crippen LogP contribution in [0.5, 0.6) is 5.75 Å². The normalized spacial score (nSPS) is 10.1. The van der Waals surface area contributed by atoms with E-state index in [-0.39, 0.29) is 17.9 Å². The van der Waals surface area contributed by atoms with Gasteiger partial charge in [0.25, 0.3) is 0 Å². The molecule has 0 saturated carbocycles. The standard InChI is InChI=1S/C13H10BrNO3/c14-11-4-2-1-3-9(11)8-18-12-7-15-6-5-10(12)13(16)17/h1-7H,8H2,(H,16,17). The van der Waals surface area contributed by atoms with Gasteiger partial charge in [0.15, 0.2) is 5.75 Å². The lowest BCUT2D eigenvalue weighted by molar-refractivity contribution is 0.0691. The van der Waals surface area contributed by atoms with Crippen molar-refractivity contribution in [3.63, 3.8) is 0 Å². The number of hydrogen-bond donors (Lipinski definition) is 1. The number of aromatic nitrogens is 1. The predicted molar refractivity (Wildman–Crippen MR) is 69.7 cm³/mol. The number of halogens is 1. The molecule has 5 heteroatoms. The zero-order valence-corrected chi connectivity index (χ0v) is 10.9. The van der Waals surface area contributed by atoms with Crippen LogP contribution in [0.4, 0.5) is 0 Å². The molecule has 1 N–H and O–H groups in total. The fourth-order valence-electron chi connectivity index (χ4n) is 1.44. The zero-order valence-electron chi connectivity index (χ0n) is 9.34. The van der Waals surface area contributed by atoms with Crippen LogP contribution in [0.1, 0.15) is 15.9 Å². The Kier molecular flexibility index (Phi) is 3.94. The molecule has 92 valence electrons. The summed E-state index contributed by atoms with van der Waals surface area (Å²) in [4.78, 5) is 14.8. The second kappa shape index (κ2) is 5.64. The summed E-state index contributed by atoms with van der Waals surface area (Å²) >= 11 is 3.41. The number of pyridine rings is 1. The number of aromatic carboxylic acids is 1. The second-order valence-electron chi connectivity index (χ2n) is 3.56. The van der Waals surface area contributed by atoms with Crippen molar-refractivity contribution in [2.24, 2.45) is 0 Å². The molecule has 0 radical (unpaired) electrons. The van der Waals surface area contributed by atoms with E-state index in [0.717, 1.165) is 10.0 Å². The van der Waals surface area contributed by atoms with Crippen LogP contribution < -0.4 is 4.74 Å². The summed E-state index contributed by atoms with van der Waals surface area (Å²) in [6, 6.07) is 9.02. The minimum absolute atomic E-state index is 0.108. The van der Waals surface area contributed by atoms with Crippen molar-refractivity contribution in [2.75, 3.05) is 0 Å². The highest BCUT2D eigenvalue weighted by molar-refractivity contribution is 9.10. The van der Waals surface area contributed by atoms with Gasteiger partial charge < -0.3 is 9.84 Å². The van der Waals surface area contributed by atoms with Crippen molar-refractivity contribution in [3.8, 4) is 5.75 Å². The van der Waals surface area contributed by atoms with E-state index in [2.05, 4.69) is 20.9 Å². The molecule has 0 amide bonds. The van der Waals surface area contributed by atoms with Gasteiger partial charge in [-0.2, -0.15) is 0 Å². The van der Waals surface area contributed by atoms with E-state index in [0.29, 0.717) is 0 Å². The van der Waals surface area contributed by atoms with Crippen LogP contribution in [-0.4, -0.2) is 16.1 Å². The Morgan fingerprint density at radius 1 is 1.33 bits per heavy atom. The lowest BCUT2D eigenvalue weighted by Gasteiger charge is -2.09. The molecule has 2 aromatic rings. The molecule has 0 spiro atoms. The highest BCUT2D eigenvalue weighted by Gasteiger charge is 2.11. The average molecular weight is 308 g/mol. The molecule has 0 saturated heterocycles. The number of benzene rings is 1. The maximum absolute atomic E-state index is 11.0. The van der Waals surface area contributed by atoms with Gasteiger partial charge in [-0.05, 0) is 12.1 Å². The van der Waals surface area contributed by atoms with Gasteiger partial charge in [-0.1, -0.05) is 34.1 Å². The highest BCUT2D eigenvalue weighted by atomic mass is 79.9. The van der Waals surface area contributed by atoms with Gasteiger partial charge in [0, 0.05) is 16.2 Å². The molecule has 1 aromatic carbocycles. The van der Waals surface area contributed by atoms with Crippen molar-refractivity contribution >= 4 is 21.9 Å². The first-order valence-corrected chi connectivity index (χ1v) is 6.01. The SMILES string of the molecule is O=C(O)c1ccncc1OCc1ccccc1Br. The first-order chi connectivity index (χ1) is 8.68. The van der Waals surface area contributed by atoms with E-state index < -0.39 is 5.97 Å². The number of carboxylic acids is 1. The molecule has 0 fully saturated rings. The Morgan fingerprint density at radius 2 is 2.11 bits per heavy atom. The van der Waals surface area contributed by atoms with E-state index in [1.807, 2.05) is 24.3 Å². The lowest BCUT2D eigenvalue weighted by atomic mass is 10.2. The molecular formula is C13H10BrNO3. The third-order valence-electron chi connectivity index (χ3n) is 2.36. The van der Waals surface area contributed by atoms with Gasteiger partial charge in [-0.25, -0.2) is 4.79 Å². The van der Waals surface area contributed by atoms with Crippen LogP contribution in [0, 0.1) is 0 Å². The fourth-order valence-corrected chi connectivity index (χ4v) is 1.84. The highest BCUT2D eigenvalue weighted by Crippen LogP contribution is 2.21. The van der Waals surface area contributed by atoms with E-state index in [1.165, 1.54) is 18.5 Å². The summed E-state index contributed by atoms with van der Waals surface area (Å²) in [5.74, 6) is -0.764. The molecular weight excluding hydrogens is 298 g/mol. The van der Waals surface area contributed by atoms with Crippen LogP contribution in [0.15, 0.2) is 47.2 Å². The van der Waals surface area contributed by atoms with Crippen molar-refractivity contribution in [2.45, 2.75) is 6.61 Å². The van der Waals surface area contributed by atoms with Crippen LogP contribution >= 0.6 is 15.9 Å². The van der Waals surface area contributed by atoms with Gasteiger partial charge in [0.2, 0.25) is 0 Å². The van der Waals surface area contributed by atoms with Crippen molar-refractivity contribution in [1.29, 1.82) is 0 Å². The van der Waals surface area contributed by atoms with Crippen LogP contribution in [0.2, 0.25) is 0 Å². The Labute approximate surface area is 112 Å². The first-order valence-electron chi connectivity index (χ1n) is 5.22. The minimum atomic E-state index is -1.03. The van der Waals surface area contributed by atoms with Crippen LogP contribution in [0.25, 0.3) is 0 Å². The number of hydrogen-bond acceptors (Lipinski definition) is 3. The summed E-state index contributed by atoms with van der Waals surface area (Å²) in [7, 11) is 0. The topological polar surface area (TPSA) is 59.4 Å². The number of nitrogens with zero attached hydrogens (tertiary/aromatic N) is 1. The Balaban J connectivity index is 2.16. The van der Waals surface area contributed by atoms with E-state index >= 15 is 0 Å². The quantitative estimate of drug-likeness (QED) is 0.943. The van der Waals surface area contributed by atoms with Crippen LogP contribution in [0.3, 0.4) is 0 Å². The molecule has 4 nitrogen and oxygen atoms in total. The summed E-state index contributed by atoms with van der Waals surface area (Å²) in [5.41, 5.74) is 1.05. The summed E-state index contributed by atoms with van der Waals surface area (Å²) in [5, 5.41) is 9.00. The third-order valence-corrected chi connectivity index (χ3v) is 3.13. The average Bonchev–Trinajstić information content (AvgIpc) is 2.38. The van der Waals surface area contributed by atoms with E-state index in [9.17, 15) is 4.79 Å². The van der Waals surface area contributed by atoms with Gasteiger partial charge in [0.1, 0.15) is 12.2 Å². The largest absolute Gasteiger partial charge is 0.486 e. The van der Waals surface area contributed by atoms with E-state index in [4.69, 9.17) is 9.84 Å². The molecule has 0 bridgehead atoms. The molecule has 0 unspecified atom stereocenters. The van der Waals surface area contributed by atoms with Gasteiger partial charge in [-0.15, -0.1) is 0 Å².